The van der Waals surface area contributed by atoms with Gasteiger partial charge in [-0.3, -0.25) is 0 Å². The first-order chi connectivity index (χ1) is 7.13. The molecule has 0 fully saturated rings. The van der Waals surface area contributed by atoms with Gasteiger partial charge in [-0.1, -0.05) is 0 Å². The maximum Gasteiger partial charge on any atom is 0.110 e. The summed E-state index contributed by atoms with van der Waals surface area (Å²) in [4.78, 5) is 4.24. The zero-order chi connectivity index (χ0) is 11.3. The lowest BCUT2D eigenvalue weighted by molar-refractivity contribution is 0.0630. The smallest absolute Gasteiger partial charge is 0.110 e. The monoisotopic (exact) mass is 294 g/mol. The molecule has 1 heterocycles. The zero-order valence-electron chi connectivity index (χ0n) is 8.74. The van der Waals surface area contributed by atoms with Crippen LogP contribution in [0.1, 0.15) is 18.0 Å². The van der Waals surface area contributed by atoms with Crippen LogP contribution in [0.5, 0.6) is 0 Å². The number of hydrogen-bond acceptors (Lipinski definition) is 5. The van der Waals surface area contributed by atoms with Crippen LogP contribution in [0.25, 0.3) is 0 Å². The summed E-state index contributed by atoms with van der Waals surface area (Å²) in [5.74, 6) is 0. The van der Waals surface area contributed by atoms with Crippen molar-refractivity contribution in [2.24, 2.45) is 0 Å². The lowest BCUT2D eigenvalue weighted by Crippen LogP contribution is -2.31. The molecule has 0 spiro atoms. The minimum Gasteiger partial charge on any atom is -0.389 e. The highest BCUT2D eigenvalue weighted by molar-refractivity contribution is 9.11. The van der Waals surface area contributed by atoms with E-state index in [4.69, 9.17) is 4.74 Å². The van der Waals surface area contributed by atoms with Crippen LogP contribution in [0, 0.1) is 0 Å². The van der Waals surface area contributed by atoms with Gasteiger partial charge in [0.2, 0.25) is 0 Å². The number of thiazole rings is 1. The van der Waals surface area contributed by atoms with E-state index in [9.17, 15) is 5.11 Å². The van der Waals surface area contributed by atoms with Gasteiger partial charge in [-0.15, -0.1) is 11.3 Å². The molecule has 4 nitrogen and oxygen atoms in total. The SMILES string of the molecule is COCC(O)CNC(C)c1ncc(Br)s1. The maximum absolute atomic E-state index is 9.44. The van der Waals surface area contributed by atoms with Crippen LogP contribution in [0.15, 0.2) is 9.98 Å². The molecular formula is C9H15BrN2O2S. The van der Waals surface area contributed by atoms with Crippen LogP contribution in [0.2, 0.25) is 0 Å². The first-order valence-electron chi connectivity index (χ1n) is 4.65. The van der Waals surface area contributed by atoms with Crippen molar-refractivity contribution in [2.75, 3.05) is 20.3 Å². The number of hydrogen-bond donors (Lipinski definition) is 2. The third-order valence-electron chi connectivity index (χ3n) is 1.88. The van der Waals surface area contributed by atoms with E-state index >= 15 is 0 Å². The van der Waals surface area contributed by atoms with Gasteiger partial charge >= 0.3 is 0 Å². The quantitative estimate of drug-likeness (QED) is 0.836. The van der Waals surface area contributed by atoms with E-state index in [1.54, 1.807) is 24.6 Å². The molecule has 0 saturated carbocycles. The topological polar surface area (TPSA) is 54.4 Å². The first kappa shape index (κ1) is 13.1. The summed E-state index contributed by atoms with van der Waals surface area (Å²) in [5.41, 5.74) is 0. The van der Waals surface area contributed by atoms with Crippen LogP contribution >= 0.6 is 27.3 Å². The Kier molecular flexibility index (Phi) is 5.70. The van der Waals surface area contributed by atoms with Gasteiger partial charge in [0.15, 0.2) is 0 Å². The van der Waals surface area contributed by atoms with Gasteiger partial charge in [0.25, 0.3) is 0 Å². The average Bonchev–Trinajstić information content (AvgIpc) is 2.62. The molecule has 0 amide bonds. The van der Waals surface area contributed by atoms with Crippen molar-refractivity contribution in [3.8, 4) is 0 Å². The number of nitrogens with zero attached hydrogens (tertiary/aromatic N) is 1. The lowest BCUT2D eigenvalue weighted by Gasteiger charge is -2.14. The van der Waals surface area contributed by atoms with Crippen molar-refractivity contribution >= 4 is 27.3 Å². The normalized spacial score (nSPS) is 15.2. The van der Waals surface area contributed by atoms with E-state index in [2.05, 4.69) is 26.2 Å². The second-order valence-electron chi connectivity index (χ2n) is 3.24. The Morgan fingerprint density at radius 3 is 3.00 bits per heavy atom. The summed E-state index contributed by atoms with van der Waals surface area (Å²) in [6, 6.07) is 0.146. The zero-order valence-corrected chi connectivity index (χ0v) is 11.1. The summed E-state index contributed by atoms with van der Waals surface area (Å²) in [5, 5.41) is 13.6. The highest BCUT2D eigenvalue weighted by Crippen LogP contribution is 2.23. The number of halogens is 1. The van der Waals surface area contributed by atoms with Crippen molar-refractivity contribution < 1.29 is 9.84 Å². The van der Waals surface area contributed by atoms with Crippen LogP contribution < -0.4 is 5.32 Å². The van der Waals surface area contributed by atoms with Gasteiger partial charge < -0.3 is 15.2 Å². The summed E-state index contributed by atoms with van der Waals surface area (Å²) >= 11 is 4.96. The van der Waals surface area contributed by atoms with Gasteiger partial charge in [0.1, 0.15) is 5.01 Å². The fourth-order valence-corrected chi connectivity index (χ4v) is 2.39. The van der Waals surface area contributed by atoms with E-state index in [-0.39, 0.29) is 6.04 Å². The number of aromatic nitrogens is 1. The van der Waals surface area contributed by atoms with Crippen molar-refractivity contribution in [1.82, 2.24) is 10.3 Å². The highest BCUT2D eigenvalue weighted by atomic mass is 79.9. The molecule has 0 saturated heterocycles. The standard InChI is InChI=1S/C9H15BrN2O2S/c1-6(9-12-4-8(10)15-9)11-3-7(13)5-14-2/h4,6-7,11,13H,3,5H2,1-2H3. The first-order valence-corrected chi connectivity index (χ1v) is 6.26. The van der Waals surface area contributed by atoms with Gasteiger partial charge in [-0.25, -0.2) is 4.98 Å². The molecule has 1 aromatic rings. The molecular weight excluding hydrogens is 280 g/mol. The highest BCUT2D eigenvalue weighted by Gasteiger charge is 2.11. The number of ether oxygens (including phenoxy) is 1. The molecule has 1 rings (SSSR count). The number of aliphatic hydroxyl groups is 1. The average molecular weight is 295 g/mol. The van der Waals surface area contributed by atoms with E-state index < -0.39 is 6.10 Å². The molecule has 6 heteroatoms. The Balaban J connectivity index is 2.33. The lowest BCUT2D eigenvalue weighted by atomic mass is 10.3. The van der Waals surface area contributed by atoms with Crippen LogP contribution in [-0.2, 0) is 4.74 Å². The van der Waals surface area contributed by atoms with Crippen LogP contribution in [-0.4, -0.2) is 36.5 Å². The molecule has 0 aromatic carbocycles. The van der Waals surface area contributed by atoms with Crippen molar-refractivity contribution in [2.45, 2.75) is 19.1 Å². The Labute approximate surface area is 102 Å². The molecule has 0 aliphatic rings. The van der Waals surface area contributed by atoms with Crippen LogP contribution in [0.4, 0.5) is 0 Å². The van der Waals surface area contributed by atoms with Gasteiger partial charge in [0, 0.05) is 13.7 Å². The number of aliphatic hydroxyl groups excluding tert-OH is 1. The summed E-state index contributed by atoms with van der Waals surface area (Å²) in [7, 11) is 1.57. The summed E-state index contributed by atoms with van der Waals surface area (Å²) in [6.07, 6.45) is 1.31. The summed E-state index contributed by atoms with van der Waals surface area (Å²) < 4.78 is 5.85. The predicted molar refractivity (Wildman–Crippen MR) is 64.1 cm³/mol. The minimum atomic E-state index is -0.471. The van der Waals surface area contributed by atoms with Crippen molar-refractivity contribution in [1.29, 1.82) is 0 Å². The van der Waals surface area contributed by atoms with Gasteiger partial charge in [0.05, 0.1) is 28.7 Å². The molecule has 0 aliphatic carbocycles. The second kappa shape index (κ2) is 6.55. The molecule has 15 heavy (non-hydrogen) atoms. The molecule has 0 radical (unpaired) electrons. The second-order valence-corrected chi connectivity index (χ2v) is 5.68. The van der Waals surface area contributed by atoms with E-state index in [0.717, 1.165) is 8.79 Å². The maximum atomic E-state index is 9.44. The third kappa shape index (κ3) is 4.56. The Hall–Kier alpha value is -0.0100. The number of methoxy groups -OCH3 is 1. The largest absolute Gasteiger partial charge is 0.389 e. The Morgan fingerprint density at radius 2 is 2.47 bits per heavy atom. The van der Waals surface area contributed by atoms with Crippen molar-refractivity contribution in [3.63, 3.8) is 0 Å². The Morgan fingerprint density at radius 1 is 1.73 bits per heavy atom. The summed E-state index contributed by atoms with van der Waals surface area (Å²) in [6.45, 7) is 2.87. The van der Waals surface area contributed by atoms with E-state index in [0.29, 0.717) is 13.2 Å². The van der Waals surface area contributed by atoms with Gasteiger partial charge in [-0.05, 0) is 22.9 Å². The fraction of sp³-hybridized carbons (Fsp3) is 0.667. The fourth-order valence-electron chi connectivity index (χ4n) is 1.12. The van der Waals surface area contributed by atoms with Crippen LogP contribution in [0.3, 0.4) is 0 Å². The Bertz CT molecular complexity index is 295. The molecule has 1 aromatic heterocycles. The molecule has 2 unspecified atom stereocenters. The van der Waals surface area contributed by atoms with Gasteiger partial charge in [-0.2, -0.15) is 0 Å². The molecule has 0 bridgehead atoms. The van der Waals surface area contributed by atoms with E-state index in [1.807, 2.05) is 6.92 Å². The molecule has 2 N–H and O–H groups in total. The third-order valence-corrected chi connectivity index (χ3v) is 3.54. The predicted octanol–water partition coefficient (Wildman–Crippen LogP) is 1.56. The van der Waals surface area contributed by atoms with Crippen molar-refractivity contribution in [3.05, 3.63) is 15.0 Å². The minimum absolute atomic E-state index is 0.146. The number of rotatable bonds is 6. The molecule has 2 atom stereocenters. The van der Waals surface area contributed by atoms with E-state index in [1.165, 1.54) is 0 Å². The molecule has 0 aliphatic heterocycles. The molecule has 86 valence electrons. The number of nitrogens with one attached hydrogen (secondary N) is 1.